The molecule has 1 amide bonds. The van der Waals surface area contributed by atoms with Gasteiger partial charge in [0.2, 0.25) is 15.9 Å². The average molecular weight is 481 g/mol. The minimum atomic E-state index is -3.69. The van der Waals surface area contributed by atoms with Crippen molar-refractivity contribution in [2.45, 2.75) is 24.7 Å². The summed E-state index contributed by atoms with van der Waals surface area (Å²) in [7, 11) is -3.69. The van der Waals surface area contributed by atoms with Gasteiger partial charge in [-0.05, 0) is 44.0 Å². The molecule has 4 rings (SSSR count). The van der Waals surface area contributed by atoms with Crippen molar-refractivity contribution in [2.24, 2.45) is 5.92 Å². The fourth-order valence-electron chi connectivity index (χ4n) is 3.80. The van der Waals surface area contributed by atoms with Crippen LogP contribution in [0.4, 0.5) is 5.69 Å². The van der Waals surface area contributed by atoms with Crippen LogP contribution in [0.25, 0.3) is 11.4 Å². The number of carbonyl (C=O) groups excluding carboxylic acids is 2. The summed E-state index contributed by atoms with van der Waals surface area (Å²) in [4.78, 5) is 32.7. The van der Waals surface area contributed by atoms with E-state index in [2.05, 4.69) is 15.3 Å². The van der Waals surface area contributed by atoms with Crippen molar-refractivity contribution in [3.63, 3.8) is 0 Å². The average Bonchev–Trinajstić information content (AvgIpc) is 2.84. The first kappa shape index (κ1) is 23.5. The lowest BCUT2D eigenvalue weighted by Crippen LogP contribution is -2.41. The van der Waals surface area contributed by atoms with Gasteiger partial charge in [-0.25, -0.2) is 18.4 Å². The van der Waals surface area contributed by atoms with Crippen LogP contribution in [0, 0.1) is 5.92 Å². The van der Waals surface area contributed by atoms with E-state index in [1.807, 2.05) is 0 Å². The van der Waals surface area contributed by atoms with Gasteiger partial charge in [-0.1, -0.05) is 24.3 Å². The zero-order chi connectivity index (χ0) is 24.3. The van der Waals surface area contributed by atoms with E-state index in [0.717, 1.165) is 0 Å². The topological polar surface area (TPSA) is 130 Å². The van der Waals surface area contributed by atoms with E-state index in [-0.39, 0.29) is 41.3 Å². The lowest BCUT2D eigenvalue weighted by molar-refractivity contribution is -0.120. The van der Waals surface area contributed by atoms with Crippen LogP contribution in [-0.4, -0.2) is 52.6 Å². The molecule has 0 atom stereocenters. The number of aromatic hydroxyl groups is 1. The zero-order valence-corrected chi connectivity index (χ0v) is 19.3. The van der Waals surface area contributed by atoms with Crippen molar-refractivity contribution in [1.29, 1.82) is 0 Å². The molecule has 1 aliphatic rings. The van der Waals surface area contributed by atoms with Crippen LogP contribution >= 0.6 is 0 Å². The maximum absolute atomic E-state index is 12.9. The van der Waals surface area contributed by atoms with E-state index < -0.39 is 10.0 Å². The fraction of sp³-hybridized carbons (Fsp3) is 0.250. The number of piperidine rings is 1. The standard InChI is InChI=1S/C24H24N4O5S/c1-16(29)17-5-7-22(8-6-17)34(32,33)28-11-9-18(10-12-28)24(31)27-20-14-25-23(26-15-20)19-3-2-4-21(30)13-19/h2-8,13-15,18,30H,9-12H2,1H3,(H,27,31). The Morgan fingerprint density at radius 1 is 1.03 bits per heavy atom. The molecule has 9 nitrogen and oxygen atoms in total. The molecule has 0 unspecified atom stereocenters. The molecule has 1 saturated heterocycles. The number of sulfonamides is 1. The van der Waals surface area contributed by atoms with E-state index >= 15 is 0 Å². The van der Waals surface area contributed by atoms with Crippen LogP contribution in [0.5, 0.6) is 5.75 Å². The number of benzene rings is 2. The molecule has 10 heteroatoms. The summed E-state index contributed by atoms with van der Waals surface area (Å²) in [6.07, 6.45) is 3.76. The maximum atomic E-state index is 12.9. The van der Waals surface area contributed by atoms with Crippen molar-refractivity contribution in [3.8, 4) is 17.1 Å². The number of amides is 1. The number of hydrogen-bond acceptors (Lipinski definition) is 7. The van der Waals surface area contributed by atoms with Crippen molar-refractivity contribution >= 4 is 27.4 Å². The van der Waals surface area contributed by atoms with Gasteiger partial charge in [0.15, 0.2) is 11.6 Å². The van der Waals surface area contributed by atoms with Gasteiger partial charge in [0, 0.05) is 30.1 Å². The Balaban J connectivity index is 1.35. The summed E-state index contributed by atoms with van der Waals surface area (Å²) in [5.74, 6) is -0.146. The molecule has 1 aliphatic heterocycles. The van der Waals surface area contributed by atoms with Crippen molar-refractivity contribution < 1.29 is 23.1 Å². The van der Waals surface area contributed by atoms with E-state index in [4.69, 9.17) is 0 Å². The molecule has 0 bridgehead atoms. The smallest absolute Gasteiger partial charge is 0.243 e. The van der Waals surface area contributed by atoms with Crippen LogP contribution in [0.15, 0.2) is 65.8 Å². The van der Waals surface area contributed by atoms with Crippen molar-refractivity contribution in [1.82, 2.24) is 14.3 Å². The van der Waals surface area contributed by atoms with Crippen molar-refractivity contribution in [3.05, 3.63) is 66.5 Å². The first-order valence-electron chi connectivity index (χ1n) is 10.8. The third-order valence-electron chi connectivity index (χ3n) is 5.75. The van der Waals surface area contributed by atoms with E-state index in [1.165, 1.54) is 47.9 Å². The molecule has 1 aromatic heterocycles. The summed E-state index contributed by atoms with van der Waals surface area (Å²) >= 11 is 0. The third-order valence-corrected chi connectivity index (χ3v) is 7.66. The number of rotatable bonds is 6. The lowest BCUT2D eigenvalue weighted by atomic mass is 9.97. The minimum Gasteiger partial charge on any atom is -0.508 e. The summed E-state index contributed by atoms with van der Waals surface area (Å²) in [5.41, 5.74) is 1.55. The highest BCUT2D eigenvalue weighted by Gasteiger charge is 2.32. The van der Waals surface area contributed by atoms with Gasteiger partial charge in [0.05, 0.1) is 23.0 Å². The molecule has 1 fully saturated rings. The predicted octanol–water partition coefficient (Wildman–Crippen LogP) is 3.09. The Labute approximate surface area is 197 Å². The first-order valence-corrected chi connectivity index (χ1v) is 12.2. The number of carbonyl (C=O) groups is 2. The van der Waals surface area contributed by atoms with Crippen molar-refractivity contribution in [2.75, 3.05) is 18.4 Å². The van der Waals surface area contributed by atoms with E-state index in [0.29, 0.717) is 35.5 Å². The number of hydrogen-bond donors (Lipinski definition) is 2. The van der Waals surface area contributed by atoms with Gasteiger partial charge in [-0.2, -0.15) is 4.31 Å². The number of Topliss-reactive ketones (excluding diaryl/α,β-unsaturated/α-hetero) is 1. The second-order valence-electron chi connectivity index (χ2n) is 8.09. The molecule has 2 heterocycles. The highest BCUT2D eigenvalue weighted by molar-refractivity contribution is 7.89. The minimum absolute atomic E-state index is 0.111. The molecule has 0 aliphatic carbocycles. The first-order chi connectivity index (χ1) is 16.2. The molecule has 2 aromatic carbocycles. The molecule has 176 valence electrons. The van der Waals surface area contributed by atoms with E-state index in [1.54, 1.807) is 24.3 Å². The summed E-state index contributed by atoms with van der Waals surface area (Å²) in [6, 6.07) is 12.4. The number of ketones is 1. The zero-order valence-electron chi connectivity index (χ0n) is 18.5. The third kappa shape index (κ3) is 5.13. The second kappa shape index (κ2) is 9.70. The second-order valence-corrected chi connectivity index (χ2v) is 10.0. The Morgan fingerprint density at radius 3 is 2.26 bits per heavy atom. The highest BCUT2D eigenvalue weighted by atomic mass is 32.2. The normalized spacial score (nSPS) is 15.1. The summed E-state index contributed by atoms with van der Waals surface area (Å²) in [5, 5.41) is 12.4. The Hall–Kier alpha value is -3.63. The molecule has 0 radical (unpaired) electrons. The molecule has 2 N–H and O–H groups in total. The number of nitrogens with zero attached hydrogens (tertiary/aromatic N) is 3. The Kier molecular flexibility index (Phi) is 6.71. The largest absolute Gasteiger partial charge is 0.508 e. The summed E-state index contributed by atoms with van der Waals surface area (Å²) < 4.78 is 27.2. The molecular weight excluding hydrogens is 456 g/mol. The van der Waals surface area contributed by atoms with Crippen LogP contribution < -0.4 is 5.32 Å². The van der Waals surface area contributed by atoms with Crippen LogP contribution in [0.1, 0.15) is 30.1 Å². The van der Waals surface area contributed by atoms with Crippen LogP contribution in [0.2, 0.25) is 0 Å². The maximum Gasteiger partial charge on any atom is 0.243 e. The SMILES string of the molecule is CC(=O)c1ccc(S(=O)(=O)N2CCC(C(=O)Nc3cnc(-c4cccc(O)c4)nc3)CC2)cc1. The van der Waals surface area contributed by atoms with Gasteiger partial charge >= 0.3 is 0 Å². The van der Waals surface area contributed by atoms with Gasteiger partial charge in [0.25, 0.3) is 0 Å². The monoisotopic (exact) mass is 480 g/mol. The number of nitrogens with one attached hydrogen (secondary N) is 1. The number of aromatic nitrogens is 2. The molecule has 0 saturated carbocycles. The van der Waals surface area contributed by atoms with Gasteiger partial charge < -0.3 is 10.4 Å². The van der Waals surface area contributed by atoms with Gasteiger partial charge in [0.1, 0.15) is 5.75 Å². The van der Waals surface area contributed by atoms with Gasteiger partial charge in [-0.3, -0.25) is 9.59 Å². The van der Waals surface area contributed by atoms with Crippen LogP contribution in [0.3, 0.4) is 0 Å². The van der Waals surface area contributed by atoms with Crippen LogP contribution in [-0.2, 0) is 14.8 Å². The lowest BCUT2D eigenvalue weighted by Gasteiger charge is -2.30. The Bertz CT molecular complexity index is 1300. The quantitative estimate of drug-likeness (QED) is 0.519. The molecular formula is C24H24N4O5S. The molecule has 3 aromatic rings. The Morgan fingerprint density at radius 2 is 1.68 bits per heavy atom. The number of anilines is 1. The van der Waals surface area contributed by atoms with Gasteiger partial charge in [-0.15, -0.1) is 0 Å². The fourth-order valence-corrected chi connectivity index (χ4v) is 5.27. The number of phenolic OH excluding ortho intramolecular Hbond substituents is 1. The highest BCUT2D eigenvalue weighted by Crippen LogP contribution is 2.26. The molecule has 0 spiro atoms. The molecule has 34 heavy (non-hydrogen) atoms. The summed E-state index contributed by atoms with van der Waals surface area (Å²) in [6.45, 7) is 1.87. The number of phenols is 1. The predicted molar refractivity (Wildman–Crippen MR) is 126 cm³/mol. The van der Waals surface area contributed by atoms with E-state index in [9.17, 15) is 23.1 Å².